The molecule has 2 atom stereocenters. The summed E-state index contributed by atoms with van der Waals surface area (Å²) < 4.78 is 0. The summed E-state index contributed by atoms with van der Waals surface area (Å²) >= 11 is 0. The molecule has 0 amide bonds. The molecule has 0 saturated carbocycles. The number of aliphatic hydroxyl groups is 2. The molecular weight excluding hydrogens is 152 g/mol. The van der Waals surface area contributed by atoms with Crippen LogP contribution in [0, 0.1) is 11.8 Å². The topological polar surface area (TPSA) is 40.5 Å². The van der Waals surface area contributed by atoms with Crippen molar-refractivity contribution in [1.29, 1.82) is 0 Å². The van der Waals surface area contributed by atoms with Crippen molar-refractivity contribution in [3.63, 3.8) is 0 Å². The van der Waals surface area contributed by atoms with Crippen LogP contribution in [0.2, 0.25) is 0 Å². The SMILES string of the molecule is CCC(CCO)C(CC)CCO. The third-order valence-electron chi connectivity index (χ3n) is 2.72. The van der Waals surface area contributed by atoms with E-state index in [1.165, 1.54) is 0 Å². The molecule has 2 unspecified atom stereocenters. The van der Waals surface area contributed by atoms with Crippen molar-refractivity contribution >= 4 is 0 Å². The van der Waals surface area contributed by atoms with Gasteiger partial charge in [-0.1, -0.05) is 26.7 Å². The molecule has 0 bridgehead atoms. The number of hydrogen-bond acceptors (Lipinski definition) is 2. The van der Waals surface area contributed by atoms with Crippen LogP contribution in [0.15, 0.2) is 0 Å². The van der Waals surface area contributed by atoms with Gasteiger partial charge in [0, 0.05) is 13.2 Å². The molecule has 0 fully saturated rings. The van der Waals surface area contributed by atoms with E-state index >= 15 is 0 Å². The highest BCUT2D eigenvalue weighted by Crippen LogP contribution is 2.25. The molecule has 2 N–H and O–H groups in total. The third-order valence-corrected chi connectivity index (χ3v) is 2.72. The molecule has 0 heterocycles. The number of rotatable bonds is 7. The second-order valence-corrected chi connectivity index (χ2v) is 3.36. The summed E-state index contributed by atoms with van der Waals surface area (Å²) in [7, 11) is 0. The molecule has 0 aromatic carbocycles. The van der Waals surface area contributed by atoms with Crippen molar-refractivity contribution in [3.05, 3.63) is 0 Å². The van der Waals surface area contributed by atoms with Gasteiger partial charge in [0.2, 0.25) is 0 Å². The lowest BCUT2D eigenvalue weighted by Gasteiger charge is -2.23. The molecule has 0 saturated heterocycles. The maximum absolute atomic E-state index is 8.82. The van der Waals surface area contributed by atoms with Gasteiger partial charge < -0.3 is 10.2 Å². The van der Waals surface area contributed by atoms with Gasteiger partial charge in [0.05, 0.1) is 0 Å². The van der Waals surface area contributed by atoms with E-state index in [0.29, 0.717) is 11.8 Å². The van der Waals surface area contributed by atoms with E-state index in [4.69, 9.17) is 10.2 Å². The zero-order chi connectivity index (χ0) is 9.40. The molecule has 0 aromatic rings. The van der Waals surface area contributed by atoms with Crippen LogP contribution in [0.25, 0.3) is 0 Å². The summed E-state index contributed by atoms with van der Waals surface area (Å²) in [5.41, 5.74) is 0. The van der Waals surface area contributed by atoms with Crippen molar-refractivity contribution in [2.24, 2.45) is 11.8 Å². The van der Waals surface area contributed by atoms with Gasteiger partial charge in [-0.2, -0.15) is 0 Å². The average molecular weight is 174 g/mol. The first-order valence-corrected chi connectivity index (χ1v) is 5.01. The Balaban J connectivity index is 3.84. The monoisotopic (exact) mass is 174 g/mol. The van der Waals surface area contributed by atoms with Crippen LogP contribution in [0.4, 0.5) is 0 Å². The summed E-state index contributed by atoms with van der Waals surface area (Å²) in [6, 6.07) is 0. The largest absolute Gasteiger partial charge is 0.396 e. The van der Waals surface area contributed by atoms with Gasteiger partial charge in [-0.3, -0.25) is 0 Å². The fourth-order valence-corrected chi connectivity index (χ4v) is 1.88. The minimum Gasteiger partial charge on any atom is -0.396 e. The molecule has 0 aliphatic carbocycles. The van der Waals surface area contributed by atoms with Crippen LogP contribution in [0.1, 0.15) is 39.5 Å². The average Bonchev–Trinajstić information content (AvgIpc) is 2.11. The lowest BCUT2D eigenvalue weighted by atomic mass is 9.84. The van der Waals surface area contributed by atoms with Gasteiger partial charge in [0.1, 0.15) is 0 Å². The zero-order valence-electron chi connectivity index (χ0n) is 8.29. The first-order valence-electron chi connectivity index (χ1n) is 5.01. The van der Waals surface area contributed by atoms with Crippen molar-refractivity contribution in [3.8, 4) is 0 Å². The fraction of sp³-hybridized carbons (Fsp3) is 1.00. The van der Waals surface area contributed by atoms with Crippen LogP contribution in [0.3, 0.4) is 0 Å². The van der Waals surface area contributed by atoms with Crippen LogP contribution in [0.5, 0.6) is 0 Å². The van der Waals surface area contributed by atoms with Crippen molar-refractivity contribution in [2.75, 3.05) is 13.2 Å². The molecule has 0 radical (unpaired) electrons. The van der Waals surface area contributed by atoms with E-state index < -0.39 is 0 Å². The van der Waals surface area contributed by atoms with Crippen LogP contribution >= 0.6 is 0 Å². The van der Waals surface area contributed by atoms with Gasteiger partial charge in [-0.25, -0.2) is 0 Å². The van der Waals surface area contributed by atoms with E-state index in [1.807, 2.05) is 0 Å². The highest BCUT2D eigenvalue weighted by molar-refractivity contribution is 4.67. The molecule has 0 aromatic heterocycles. The second kappa shape index (κ2) is 7.56. The first kappa shape index (κ1) is 11.9. The molecular formula is C10H22O2. The van der Waals surface area contributed by atoms with Gasteiger partial charge in [0.15, 0.2) is 0 Å². The molecule has 0 spiro atoms. The Morgan fingerprint density at radius 2 is 1.17 bits per heavy atom. The minimum atomic E-state index is 0.278. The normalized spacial score (nSPS) is 16.0. The van der Waals surface area contributed by atoms with Gasteiger partial charge in [0.25, 0.3) is 0 Å². The van der Waals surface area contributed by atoms with Gasteiger partial charge in [-0.05, 0) is 24.7 Å². The molecule has 0 rings (SSSR count). The Morgan fingerprint density at radius 1 is 0.833 bits per heavy atom. The van der Waals surface area contributed by atoms with Crippen LogP contribution in [-0.4, -0.2) is 23.4 Å². The summed E-state index contributed by atoms with van der Waals surface area (Å²) in [6.07, 6.45) is 3.99. The standard InChI is InChI=1S/C10H22O2/c1-3-9(5-7-11)10(4-2)6-8-12/h9-12H,3-8H2,1-2H3. The van der Waals surface area contributed by atoms with E-state index in [9.17, 15) is 0 Å². The van der Waals surface area contributed by atoms with Crippen molar-refractivity contribution in [2.45, 2.75) is 39.5 Å². The zero-order valence-corrected chi connectivity index (χ0v) is 8.29. The van der Waals surface area contributed by atoms with Crippen molar-refractivity contribution < 1.29 is 10.2 Å². The lowest BCUT2D eigenvalue weighted by molar-refractivity contribution is 0.175. The Kier molecular flexibility index (Phi) is 7.51. The highest BCUT2D eigenvalue weighted by Gasteiger charge is 2.16. The van der Waals surface area contributed by atoms with E-state index in [1.54, 1.807) is 0 Å². The Labute approximate surface area is 75.6 Å². The predicted octanol–water partition coefficient (Wildman–Crippen LogP) is 1.80. The smallest absolute Gasteiger partial charge is 0.0433 e. The predicted molar refractivity (Wildman–Crippen MR) is 51.0 cm³/mol. The third kappa shape index (κ3) is 4.07. The first-order chi connectivity index (χ1) is 5.79. The van der Waals surface area contributed by atoms with Crippen molar-refractivity contribution in [1.82, 2.24) is 0 Å². The van der Waals surface area contributed by atoms with Gasteiger partial charge >= 0.3 is 0 Å². The number of aliphatic hydroxyl groups excluding tert-OH is 2. The second-order valence-electron chi connectivity index (χ2n) is 3.36. The quantitative estimate of drug-likeness (QED) is 0.618. The number of hydrogen-bond donors (Lipinski definition) is 2. The molecule has 2 nitrogen and oxygen atoms in total. The van der Waals surface area contributed by atoms with E-state index in [2.05, 4.69) is 13.8 Å². The summed E-state index contributed by atoms with van der Waals surface area (Å²) in [4.78, 5) is 0. The minimum absolute atomic E-state index is 0.278. The Morgan fingerprint density at radius 3 is 1.33 bits per heavy atom. The highest BCUT2D eigenvalue weighted by atomic mass is 16.3. The Bertz CT molecular complexity index is 81.8. The van der Waals surface area contributed by atoms with Gasteiger partial charge in [-0.15, -0.1) is 0 Å². The molecule has 12 heavy (non-hydrogen) atoms. The van der Waals surface area contributed by atoms with E-state index in [-0.39, 0.29) is 13.2 Å². The van der Waals surface area contributed by atoms with Crippen LogP contribution in [-0.2, 0) is 0 Å². The van der Waals surface area contributed by atoms with Crippen LogP contribution < -0.4 is 0 Å². The van der Waals surface area contributed by atoms with E-state index in [0.717, 1.165) is 25.7 Å². The molecule has 74 valence electrons. The maximum Gasteiger partial charge on any atom is 0.0433 e. The summed E-state index contributed by atoms with van der Waals surface area (Å²) in [6.45, 7) is 4.86. The summed E-state index contributed by atoms with van der Waals surface area (Å²) in [5.74, 6) is 1.18. The molecule has 0 aliphatic rings. The molecule has 0 aliphatic heterocycles. The summed E-state index contributed by atoms with van der Waals surface area (Å²) in [5, 5.41) is 17.6. The maximum atomic E-state index is 8.82. The Hall–Kier alpha value is -0.0800. The molecule has 2 heteroatoms. The fourth-order valence-electron chi connectivity index (χ4n) is 1.88. The lowest BCUT2D eigenvalue weighted by Crippen LogP contribution is -2.16.